The third-order valence-electron chi connectivity index (χ3n) is 3.96. The fraction of sp³-hybridized carbons (Fsp3) is 0.176. The minimum Gasteiger partial charge on any atom is -0.365 e. The molecule has 0 atom stereocenters. The lowest BCUT2D eigenvalue weighted by Gasteiger charge is -2.04. The van der Waals surface area contributed by atoms with Crippen LogP contribution in [0.4, 0.5) is 0 Å². The molecule has 0 unspecified atom stereocenters. The number of hydrogen-bond acceptors (Lipinski definition) is 2. The highest BCUT2D eigenvalue weighted by atomic mass is 16.1. The summed E-state index contributed by atoms with van der Waals surface area (Å²) in [7, 11) is 0. The van der Waals surface area contributed by atoms with E-state index in [2.05, 4.69) is 11.2 Å². The zero-order valence-electron chi connectivity index (χ0n) is 11.5. The topological polar surface area (TPSA) is 60.4 Å². The minimum absolute atomic E-state index is 0.423. The number of fused-ring (bicyclic) bond motifs is 1. The second-order valence-corrected chi connectivity index (χ2v) is 5.55. The zero-order valence-corrected chi connectivity index (χ0v) is 11.5. The van der Waals surface area contributed by atoms with Crippen LogP contribution in [0.5, 0.6) is 0 Å². The average molecular weight is 277 g/mol. The summed E-state index contributed by atoms with van der Waals surface area (Å²) >= 11 is 0. The number of carbonyl (C=O) groups excluding carboxylic acids is 1. The van der Waals surface area contributed by atoms with Gasteiger partial charge < -0.3 is 10.1 Å². The number of pyridine rings is 1. The summed E-state index contributed by atoms with van der Waals surface area (Å²) in [6.45, 7) is 0. The van der Waals surface area contributed by atoms with Crippen LogP contribution in [-0.4, -0.2) is 15.3 Å². The number of amides is 1. The lowest BCUT2D eigenvalue weighted by molar-refractivity contribution is 0.100. The molecule has 4 heteroatoms. The van der Waals surface area contributed by atoms with Crippen LogP contribution < -0.4 is 5.73 Å². The van der Waals surface area contributed by atoms with Crippen molar-refractivity contribution in [3.05, 3.63) is 59.9 Å². The molecule has 0 saturated heterocycles. The molecule has 1 aromatic carbocycles. The van der Waals surface area contributed by atoms with Gasteiger partial charge in [0.1, 0.15) is 5.65 Å². The number of nitrogens with zero attached hydrogens (tertiary/aromatic N) is 2. The van der Waals surface area contributed by atoms with Crippen LogP contribution in [0.3, 0.4) is 0 Å². The van der Waals surface area contributed by atoms with E-state index >= 15 is 0 Å². The highest BCUT2D eigenvalue weighted by molar-refractivity contribution is 5.99. The SMILES string of the molecule is NC(=O)c1cc(C2CC2)cn2cc(-c3ccccc3)nc12. The molecule has 1 fully saturated rings. The predicted molar refractivity (Wildman–Crippen MR) is 81.1 cm³/mol. The van der Waals surface area contributed by atoms with Gasteiger partial charge >= 0.3 is 0 Å². The van der Waals surface area contributed by atoms with E-state index in [0.29, 0.717) is 17.1 Å². The van der Waals surface area contributed by atoms with Gasteiger partial charge in [-0.15, -0.1) is 0 Å². The Balaban J connectivity index is 1.93. The molecule has 1 aliphatic carbocycles. The largest absolute Gasteiger partial charge is 0.365 e. The summed E-state index contributed by atoms with van der Waals surface area (Å²) in [4.78, 5) is 16.3. The number of primary amides is 1. The first kappa shape index (κ1) is 12.1. The highest BCUT2D eigenvalue weighted by Crippen LogP contribution is 2.40. The number of imidazole rings is 1. The molecular formula is C17H15N3O. The second kappa shape index (κ2) is 4.45. The fourth-order valence-electron chi connectivity index (χ4n) is 2.69. The Morgan fingerprint density at radius 2 is 1.95 bits per heavy atom. The maximum atomic E-state index is 11.7. The Bertz CT molecular complexity index is 832. The molecule has 4 nitrogen and oxygen atoms in total. The Labute approximate surface area is 122 Å². The molecule has 0 aliphatic heterocycles. The van der Waals surface area contributed by atoms with Gasteiger partial charge in [0.05, 0.1) is 11.3 Å². The number of rotatable bonds is 3. The summed E-state index contributed by atoms with van der Waals surface area (Å²) in [6, 6.07) is 11.8. The van der Waals surface area contributed by atoms with Crippen molar-refractivity contribution in [2.24, 2.45) is 5.73 Å². The summed E-state index contributed by atoms with van der Waals surface area (Å²) in [5.74, 6) is 0.141. The quantitative estimate of drug-likeness (QED) is 0.800. The van der Waals surface area contributed by atoms with Crippen LogP contribution in [0.15, 0.2) is 48.8 Å². The standard InChI is InChI=1S/C17H15N3O/c18-16(21)14-8-13(11-6-7-11)9-20-10-15(19-17(14)20)12-4-2-1-3-5-12/h1-5,8-11H,6-7H2,(H2,18,21). The van der Waals surface area contributed by atoms with E-state index in [1.54, 1.807) is 0 Å². The molecule has 1 saturated carbocycles. The van der Waals surface area contributed by atoms with Crippen LogP contribution >= 0.6 is 0 Å². The minimum atomic E-state index is -0.423. The highest BCUT2D eigenvalue weighted by Gasteiger charge is 2.26. The van der Waals surface area contributed by atoms with Gasteiger partial charge in [0, 0.05) is 18.0 Å². The van der Waals surface area contributed by atoms with Crippen molar-refractivity contribution in [1.29, 1.82) is 0 Å². The van der Waals surface area contributed by atoms with E-state index in [9.17, 15) is 4.79 Å². The summed E-state index contributed by atoms with van der Waals surface area (Å²) in [6.07, 6.45) is 6.40. The molecule has 104 valence electrons. The van der Waals surface area contributed by atoms with Crippen molar-refractivity contribution in [1.82, 2.24) is 9.38 Å². The van der Waals surface area contributed by atoms with E-state index in [1.807, 2.05) is 47.0 Å². The molecule has 3 aromatic rings. The molecule has 0 bridgehead atoms. The summed E-state index contributed by atoms with van der Waals surface area (Å²) in [5, 5.41) is 0. The van der Waals surface area contributed by atoms with Crippen molar-refractivity contribution in [3.63, 3.8) is 0 Å². The molecule has 1 aliphatic rings. The van der Waals surface area contributed by atoms with Gasteiger partial charge in [0.25, 0.3) is 5.91 Å². The van der Waals surface area contributed by atoms with Gasteiger partial charge in [0.15, 0.2) is 0 Å². The smallest absolute Gasteiger partial charge is 0.252 e. The lowest BCUT2D eigenvalue weighted by atomic mass is 10.1. The molecule has 21 heavy (non-hydrogen) atoms. The third kappa shape index (κ3) is 2.09. The van der Waals surface area contributed by atoms with E-state index in [4.69, 9.17) is 5.73 Å². The van der Waals surface area contributed by atoms with Gasteiger partial charge in [-0.2, -0.15) is 0 Å². The Morgan fingerprint density at radius 1 is 1.19 bits per heavy atom. The maximum Gasteiger partial charge on any atom is 0.252 e. The van der Waals surface area contributed by atoms with Crippen LogP contribution in [0.2, 0.25) is 0 Å². The van der Waals surface area contributed by atoms with Crippen molar-refractivity contribution >= 4 is 11.6 Å². The number of aromatic nitrogens is 2. The van der Waals surface area contributed by atoms with Gasteiger partial charge in [-0.05, 0) is 30.4 Å². The second-order valence-electron chi connectivity index (χ2n) is 5.55. The monoisotopic (exact) mass is 277 g/mol. The first-order valence-corrected chi connectivity index (χ1v) is 7.10. The Morgan fingerprint density at radius 3 is 2.62 bits per heavy atom. The van der Waals surface area contributed by atoms with Crippen molar-refractivity contribution in [3.8, 4) is 11.3 Å². The molecule has 0 radical (unpaired) electrons. The maximum absolute atomic E-state index is 11.7. The van der Waals surface area contributed by atoms with E-state index < -0.39 is 5.91 Å². The fourth-order valence-corrected chi connectivity index (χ4v) is 2.69. The normalized spacial score (nSPS) is 14.5. The van der Waals surface area contributed by atoms with E-state index in [0.717, 1.165) is 11.3 Å². The van der Waals surface area contributed by atoms with Crippen LogP contribution in [0, 0.1) is 0 Å². The Kier molecular flexibility index (Phi) is 2.57. The van der Waals surface area contributed by atoms with Crippen molar-refractivity contribution in [2.75, 3.05) is 0 Å². The molecule has 1 amide bonds. The molecule has 2 heterocycles. The van der Waals surface area contributed by atoms with Gasteiger partial charge in [-0.3, -0.25) is 4.79 Å². The molecule has 4 rings (SSSR count). The molecule has 2 N–H and O–H groups in total. The van der Waals surface area contributed by atoms with Crippen molar-refractivity contribution < 1.29 is 4.79 Å². The molecule has 0 spiro atoms. The number of nitrogens with two attached hydrogens (primary N) is 1. The average Bonchev–Trinajstić information content (AvgIpc) is 3.26. The zero-order chi connectivity index (χ0) is 14.4. The number of carbonyl (C=O) groups is 1. The van der Waals surface area contributed by atoms with E-state index in [1.165, 1.54) is 18.4 Å². The third-order valence-corrected chi connectivity index (χ3v) is 3.96. The number of benzene rings is 1. The van der Waals surface area contributed by atoms with Gasteiger partial charge in [-0.1, -0.05) is 30.3 Å². The first-order chi connectivity index (χ1) is 10.2. The Hall–Kier alpha value is -2.62. The molecule has 2 aromatic heterocycles. The predicted octanol–water partition coefficient (Wildman–Crippen LogP) is 2.98. The van der Waals surface area contributed by atoms with Gasteiger partial charge in [-0.25, -0.2) is 4.98 Å². The van der Waals surface area contributed by atoms with Crippen LogP contribution in [0.25, 0.3) is 16.9 Å². The van der Waals surface area contributed by atoms with E-state index in [-0.39, 0.29) is 0 Å². The number of hydrogen-bond donors (Lipinski definition) is 1. The van der Waals surface area contributed by atoms with Crippen LogP contribution in [0.1, 0.15) is 34.7 Å². The summed E-state index contributed by atoms with van der Waals surface area (Å²) < 4.78 is 1.93. The van der Waals surface area contributed by atoms with Crippen molar-refractivity contribution in [2.45, 2.75) is 18.8 Å². The lowest BCUT2D eigenvalue weighted by Crippen LogP contribution is -2.13. The first-order valence-electron chi connectivity index (χ1n) is 7.10. The van der Waals surface area contributed by atoms with Crippen LogP contribution in [-0.2, 0) is 0 Å². The summed E-state index contributed by atoms with van der Waals surface area (Å²) in [5.41, 5.74) is 9.72. The van der Waals surface area contributed by atoms with Gasteiger partial charge in [0.2, 0.25) is 0 Å². The molecular weight excluding hydrogens is 262 g/mol.